The van der Waals surface area contributed by atoms with Crippen LogP contribution in [-0.4, -0.2) is 9.78 Å². The first kappa shape index (κ1) is 10.4. The topological polar surface area (TPSA) is 17.8 Å². The molecule has 0 spiro atoms. The molecule has 0 aliphatic rings. The lowest BCUT2D eigenvalue weighted by molar-refractivity contribution is 0.345. The van der Waals surface area contributed by atoms with Crippen molar-refractivity contribution in [3.8, 4) is 0 Å². The Kier molecular flexibility index (Phi) is 2.82. The zero-order valence-corrected chi connectivity index (χ0v) is 10.8. The molecule has 0 radical (unpaired) electrons. The Morgan fingerprint density at radius 2 is 2.00 bits per heavy atom. The van der Waals surface area contributed by atoms with E-state index in [4.69, 9.17) is 0 Å². The minimum atomic E-state index is -0.287. The molecule has 0 saturated heterocycles. The van der Waals surface area contributed by atoms with Crippen LogP contribution < -0.4 is 0 Å². The van der Waals surface area contributed by atoms with Gasteiger partial charge in [-0.1, -0.05) is 0 Å². The van der Waals surface area contributed by atoms with Crippen molar-refractivity contribution in [2.45, 2.75) is 26.3 Å². The molecule has 0 amide bonds. The first-order chi connectivity index (χ1) is 5.34. The second-order valence-electron chi connectivity index (χ2n) is 3.48. The monoisotopic (exact) mass is 346 g/mol. The van der Waals surface area contributed by atoms with E-state index in [9.17, 15) is 4.39 Å². The number of hydrogen-bond donors (Lipinski definition) is 0. The first-order valence-corrected chi connectivity index (χ1v) is 5.31. The Balaban J connectivity index is 3.28. The normalized spacial score (nSPS) is 12.2. The zero-order chi connectivity index (χ0) is 9.52. The zero-order valence-electron chi connectivity index (χ0n) is 7.03. The van der Waals surface area contributed by atoms with Crippen molar-refractivity contribution < 1.29 is 4.39 Å². The predicted molar refractivity (Wildman–Crippen MR) is 57.6 cm³/mol. The van der Waals surface area contributed by atoms with Crippen LogP contribution in [0.5, 0.6) is 0 Å². The second-order valence-corrected chi connectivity index (χ2v) is 5.25. The number of hydrogen-bond acceptors (Lipinski definition) is 1. The maximum Gasteiger partial charge on any atom is 0.189 e. The SMILES string of the molecule is CC(C)(C)n1nc(I)c(F)c1Br. The Hall–Kier alpha value is 0.350. The van der Waals surface area contributed by atoms with Crippen LogP contribution in [0.1, 0.15) is 20.8 Å². The van der Waals surface area contributed by atoms with E-state index < -0.39 is 0 Å². The molecule has 0 saturated carbocycles. The predicted octanol–water partition coefficient (Wildman–Crippen LogP) is 3.14. The molecule has 0 aliphatic carbocycles. The smallest absolute Gasteiger partial charge is 0.189 e. The summed E-state index contributed by atoms with van der Waals surface area (Å²) in [5.41, 5.74) is -0.191. The largest absolute Gasteiger partial charge is 0.249 e. The summed E-state index contributed by atoms with van der Waals surface area (Å²) in [6.07, 6.45) is 0. The highest BCUT2D eigenvalue weighted by molar-refractivity contribution is 14.1. The Morgan fingerprint density at radius 1 is 1.50 bits per heavy atom. The molecule has 1 aromatic heterocycles. The highest BCUT2D eigenvalue weighted by Crippen LogP contribution is 2.25. The van der Waals surface area contributed by atoms with E-state index >= 15 is 0 Å². The Bertz CT molecular complexity index is 303. The summed E-state index contributed by atoms with van der Waals surface area (Å²) in [5, 5.41) is 4.06. The fourth-order valence-corrected chi connectivity index (χ4v) is 2.44. The van der Waals surface area contributed by atoms with Crippen molar-refractivity contribution in [1.29, 1.82) is 0 Å². The van der Waals surface area contributed by atoms with Crippen molar-refractivity contribution in [2.75, 3.05) is 0 Å². The first-order valence-electron chi connectivity index (χ1n) is 3.44. The summed E-state index contributed by atoms with van der Waals surface area (Å²) in [5.74, 6) is -0.287. The van der Waals surface area contributed by atoms with E-state index in [2.05, 4.69) is 21.0 Å². The molecule has 0 unspecified atom stereocenters. The van der Waals surface area contributed by atoms with Gasteiger partial charge in [0.2, 0.25) is 0 Å². The molecule has 0 aliphatic heterocycles. The molecule has 0 fully saturated rings. The molecule has 1 heterocycles. The number of aromatic nitrogens is 2. The van der Waals surface area contributed by atoms with Gasteiger partial charge in [-0.05, 0) is 59.3 Å². The molecule has 0 bridgehead atoms. The Labute approximate surface area is 92.8 Å². The summed E-state index contributed by atoms with van der Waals surface area (Å²) < 4.78 is 15.6. The lowest BCUT2D eigenvalue weighted by Crippen LogP contribution is -2.23. The molecule has 1 aromatic rings. The molecule has 68 valence electrons. The van der Waals surface area contributed by atoms with Crippen LogP contribution in [0.2, 0.25) is 0 Å². The van der Waals surface area contributed by atoms with Gasteiger partial charge in [-0.3, -0.25) is 0 Å². The van der Waals surface area contributed by atoms with E-state index in [1.165, 1.54) is 0 Å². The molecule has 5 heteroatoms. The number of halogens is 3. The van der Waals surface area contributed by atoms with Crippen molar-refractivity contribution in [3.05, 3.63) is 14.1 Å². The maximum absolute atomic E-state index is 13.1. The van der Waals surface area contributed by atoms with Crippen molar-refractivity contribution in [2.24, 2.45) is 0 Å². The van der Waals surface area contributed by atoms with Crippen LogP contribution in [0.15, 0.2) is 4.60 Å². The maximum atomic E-state index is 13.1. The fraction of sp³-hybridized carbons (Fsp3) is 0.571. The molecular formula is C7H9BrFIN2. The van der Waals surface area contributed by atoms with Crippen LogP contribution in [0, 0.1) is 9.52 Å². The van der Waals surface area contributed by atoms with Crippen LogP contribution in [0.25, 0.3) is 0 Å². The van der Waals surface area contributed by atoms with Gasteiger partial charge in [-0.25, -0.2) is 9.07 Å². The van der Waals surface area contributed by atoms with Gasteiger partial charge < -0.3 is 0 Å². The molecule has 0 aromatic carbocycles. The van der Waals surface area contributed by atoms with Gasteiger partial charge in [0.1, 0.15) is 4.60 Å². The van der Waals surface area contributed by atoms with Gasteiger partial charge in [-0.2, -0.15) is 5.10 Å². The summed E-state index contributed by atoms with van der Waals surface area (Å²) in [6.45, 7) is 5.92. The van der Waals surface area contributed by atoms with Gasteiger partial charge in [0.05, 0.1) is 5.54 Å². The molecule has 12 heavy (non-hydrogen) atoms. The second kappa shape index (κ2) is 3.25. The Morgan fingerprint density at radius 3 is 2.17 bits per heavy atom. The lowest BCUT2D eigenvalue weighted by atomic mass is 10.1. The van der Waals surface area contributed by atoms with Gasteiger partial charge in [0, 0.05) is 0 Å². The third-order valence-electron chi connectivity index (χ3n) is 1.37. The summed E-state index contributed by atoms with van der Waals surface area (Å²) >= 11 is 5.03. The summed E-state index contributed by atoms with van der Waals surface area (Å²) in [4.78, 5) is 0. The van der Waals surface area contributed by atoms with Gasteiger partial charge in [0.15, 0.2) is 9.52 Å². The van der Waals surface area contributed by atoms with Crippen LogP contribution in [0.3, 0.4) is 0 Å². The van der Waals surface area contributed by atoms with E-state index in [1.54, 1.807) is 4.68 Å². The standard InChI is InChI=1S/C7H9BrFIN2/c1-7(2,3)12-5(8)4(9)6(10)11-12/h1-3H3. The van der Waals surface area contributed by atoms with E-state index in [-0.39, 0.29) is 11.4 Å². The van der Waals surface area contributed by atoms with E-state index in [1.807, 2.05) is 43.4 Å². The summed E-state index contributed by atoms with van der Waals surface area (Å²) in [7, 11) is 0. The highest BCUT2D eigenvalue weighted by Gasteiger charge is 2.22. The average molecular weight is 347 g/mol. The van der Waals surface area contributed by atoms with Gasteiger partial charge in [0.25, 0.3) is 0 Å². The fourth-order valence-electron chi connectivity index (χ4n) is 0.798. The van der Waals surface area contributed by atoms with Gasteiger partial charge in [-0.15, -0.1) is 0 Å². The quantitative estimate of drug-likeness (QED) is 0.660. The van der Waals surface area contributed by atoms with Crippen LogP contribution >= 0.6 is 38.5 Å². The van der Waals surface area contributed by atoms with E-state index in [0.717, 1.165) is 0 Å². The highest BCUT2D eigenvalue weighted by atomic mass is 127. The third kappa shape index (κ3) is 1.81. The minimum absolute atomic E-state index is 0.191. The molecule has 1 rings (SSSR count). The number of nitrogens with zero attached hydrogens (tertiary/aromatic N) is 2. The number of rotatable bonds is 0. The molecule has 0 atom stereocenters. The third-order valence-corrected chi connectivity index (χ3v) is 2.74. The van der Waals surface area contributed by atoms with Crippen molar-refractivity contribution >= 4 is 38.5 Å². The van der Waals surface area contributed by atoms with Crippen LogP contribution in [-0.2, 0) is 5.54 Å². The van der Waals surface area contributed by atoms with E-state index in [0.29, 0.717) is 8.30 Å². The van der Waals surface area contributed by atoms with Crippen LogP contribution in [0.4, 0.5) is 4.39 Å². The molecule has 0 N–H and O–H groups in total. The molecular weight excluding hydrogens is 338 g/mol. The van der Waals surface area contributed by atoms with Crippen molar-refractivity contribution in [1.82, 2.24) is 9.78 Å². The average Bonchev–Trinajstić information content (AvgIpc) is 2.15. The van der Waals surface area contributed by atoms with Crippen molar-refractivity contribution in [3.63, 3.8) is 0 Å². The van der Waals surface area contributed by atoms with Gasteiger partial charge >= 0.3 is 0 Å². The lowest BCUT2D eigenvalue weighted by Gasteiger charge is -2.19. The molecule has 2 nitrogen and oxygen atoms in total. The minimum Gasteiger partial charge on any atom is -0.249 e. The summed E-state index contributed by atoms with van der Waals surface area (Å²) in [6, 6.07) is 0.